The molecule has 2 N–H and O–H groups in total. The molecule has 4 heteroatoms. The monoisotopic (exact) mass is 258 g/mol. The first-order chi connectivity index (χ1) is 8.33. The van der Waals surface area contributed by atoms with Gasteiger partial charge in [0.2, 0.25) is 0 Å². The van der Waals surface area contributed by atoms with E-state index in [-0.39, 0.29) is 0 Å². The average molecular weight is 258 g/mol. The van der Waals surface area contributed by atoms with Gasteiger partial charge in [-0.05, 0) is 37.9 Å². The molecule has 0 aromatic rings. The Morgan fingerprint density at radius 3 is 2.71 bits per heavy atom. The second kappa shape index (κ2) is 9.66. The van der Waals surface area contributed by atoms with Crippen LogP contribution in [0.25, 0.3) is 0 Å². The van der Waals surface area contributed by atoms with E-state index in [1.54, 1.807) is 0 Å². The van der Waals surface area contributed by atoms with Gasteiger partial charge in [0.25, 0.3) is 0 Å². The van der Waals surface area contributed by atoms with Crippen LogP contribution >= 0.6 is 12.2 Å². The summed E-state index contributed by atoms with van der Waals surface area (Å²) in [4.78, 5) is 0. The van der Waals surface area contributed by atoms with Crippen molar-refractivity contribution in [2.24, 2.45) is 0 Å². The van der Waals surface area contributed by atoms with E-state index in [4.69, 9.17) is 17.0 Å². The molecule has 0 amide bonds. The highest BCUT2D eigenvalue weighted by atomic mass is 32.1. The van der Waals surface area contributed by atoms with E-state index in [0.29, 0.717) is 6.04 Å². The summed E-state index contributed by atoms with van der Waals surface area (Å²) in [5.41, 5.74) is 0. The minimum Gasteiger partial charge on any atom is -0.381 e. The van der Waals surface area contributed by atoms with Crippen LogP contribution in [0.2, 0.25) is 0 Å². The summed E-state index contributed by atoms with van der Waals surface area (Å²) in [5, 5.41) is 7.46. The van der Waals surface area contributed by atoms with Crippen molar-refractivity contribution in [3.8, 4) is 0 Å². The zero-order chi connectivity index (χ0) is 12.3. The lowest BCUT2D eigenvalue weighted by Crippen LogP contribution is -2.43. The van der Waals surface area contributed by atoms with Gasteiger partial charge in [0.1, 0.15) is 0 Å². The normalized spacial score (nSPS) is 16.8. The molecule has 0 aliphatic heterocycles. The molecule has 17 heavy (non-hydrogen) atoms. The highest BCUT2D eigenvalue weighted by molar-refractivity contribution is 7.80. The third-order valence-corrected chi connectivity index (χ3v) is 3.30. The summed E-state index contributed by atoms with van der Waals surface area (Å²) in [5.74, 6) is 0. The van der Waals surface area contributed by atoms with Crippen molar-refractivity contribution in [1.82, 2.24) is 10.6 Å². The van der Waals surface area contributed by atoms with Crippen LogP contribution in [-0.4, -0.2) is 30.9 Å². The first-order valence-electron chi connectivity index (χ1n) is 6.95. The quantitative estimate of drug-likeness (QED) is 0.543. The first-order valence-corrected chi connectivity index (χ1v) is 7.36. The van der Waals surface area contributed by atoms with Crippen LogP contribution < -0.4 is 10.6 Å². The van der Waals surface area contributed by atoms with Crippen molar-refractivity contribution >= 4 is 17.3 Å². The van der Waals surface area contributed by atoms with E-state index in [2.05, 4.69) is 17.6 Å². The lowest BCUT2D eigenvalue weighted by Gasteiger charge is -2.24. The summed E-state index contributed by atoms with van der Waals surface area (Å²) in [6.45, 7) is 4.72. The molecule has 1 aliphatic carbocycles. The van der Waals surface area contributed by atoms with Crippen molar-refractivity contribution in [2.45, 2.75) is 57.9 Å². The maximum atomic E-state index is 5.41. The van der Waals surface area contributed by atoms with Crippen LogP contribution in [-0.2, 0) is 4.74 Å². The zero-order valence-corrected chi connectivity index (χ0v) is 11.8. The van der Waals surface area contributed by atoms with E-state index in [9.17, 15) is 0 Å². The number of hydrogen-bond donors (Lipinski definition) is 2. The predicted molar refractivity (Wildman–Crippen MR) is 76.3 cm³/mol. The molecule has 3 nitrogen and oxygen atoms in total. The lowest BCUT2D eigenvalue weighted by atomic mass is 9.96. The van der Waals surface area contributed by atoms with Gasteiger partial charge in [0.15, 0.2) is 5.11 Å². The van der Waals surface area contributed by atoms with Gasteiger partial charge in [-0.15, -0.1) is 0 Å². The third kappa shape index (κ3) is 7.55. The van der Waals surface area contributed by atoms with E-state index in [1.807, 2.05) is 0 Å². The third-order valence-electron chi connectivity index (χ3n) is 3.04. The van der Waals surface area contributed by atoms with Crippen LogP contribution in [0.5, 0.6) is 0 Å². The molecular formula is C13H26N2OS. The van der Waals surface area contributed by atoms with Gasteiger partial charge < -0.3 is 15.4 Å². The molecule has 1 fully saturated rings. The van der Waals surface area contributed by atoms with Gasteiger partial charge in [-0.1, -0.05) is 26.2 Å². The van der Waals surface area contributed by atoms with Crippen LogP contribution in [0, 0.1) is 0 Å². The fraction of sp³-hybridized carbons (Fsp3) is 0.923. The van der Waals surface area contributed by atoms with E-state index in [1.165, 1.54) is 32.1 Å². The Bertz CT molecular complexity index is 206. The summed E-state index contributed by atoms with van der Waals surface area (Å²) in [6.07, 6.45) is 8.70. The lowest BCUT2D eigenvalue weighted by molar-refractivity contribution is 0.133. The highest BCUT2D eigenvalue weighted by Crippen LogP contribution is 2.17. The van der Waals surface area contributed by atoms with Crippen molar-refractivity contribution < 1.29 is 4.74 Å². The minimum atomic E-state index is 0.597. The Kier molecular flexibility index (Phi) is 8.36. The maximum Gasteiger partial charge on any atom is 0.166 e. The van der Waals surface area contributed by atoms with Crippen LogP contribution in [0.15, 0.2) is 0 Å². The standard InChI is InChI=1S/C13H26N2OS/c1-2-10-16-11-6-9-14-13(17)15-12-7-4-3-5-8-12/h12H,2-11H2,1H3,(H2,14,15,17). The molecule has 0 aromatic carbocycles. The summed E-state index contributed by atoms with van der Waals surface area (Å²) < 4.78 is 5.41. The van der Waals surface area contributed by atoms with Crippen molar-refractivity contribution in [1.29, 1.82) is 0 Å². The number of nitrogens with one attached hydrogen (secondary N) is 2. The summed E-state index contributed by atoms with van der Waals surface area (Å²) in [6, 6.07) is 0.597. The van der Waals surface area contributed by atoms with E-state index < -0.39 is 0 Å². The molecule has 1 saturated carbocycles. The van der Waals surface area contributed by atoms with Gasteiger partial charge in [-0.25, -0.2) is 0 Å². The van der Waals surface area contributed by atoms with E-state index >= 15 is 0 Å². The maximum absolute atomic E-state index is 5.41. The topological polar surface area (TPSA) is 33.3 Å². The molecular weight excluding hydrogens is 232 g/mol. The van der Waals surface area contributed by atoms with Crippen LogP contribution in [0.3, 0.4) is 0 Å². The second-order valence-corrected chi connectivity index (χ2v) is 5.11. The molecule has 1 aliphatic rings. The molecule has 0 unspecified atom stereocenters. The fourth-order valence-electron chi connectivity index (χ4n) is 2.11. The SMILES string of the molecule is CCCOCCCNC(=S)NC1CCCCC1. The van der Waals surface area contributed by atoms with Crippen LogP contribution in [0.1, 0.15) is 51.9 Å². The highest BCUT2D eigenvalue weighted by Gasteiger charge is 2.13. The van der Waals surface area contributed by atoms with Crippen LogP contribution in [0.4, 0.5) is 0 Å². The Morgan fingerprint density at radius 2 is 2.00 bits per heavy atom. The molecule has 0 aromatic heterocycles. The fourth-order valence-corrected chi connectivity index (χ4v) is 2.37. The largest absolute Gasteiger partial charge is 0.381 e. The zero-order valence-electron chi connectivity index (χ0n) is 11.0. The molecule has 0 radical (unpaired) electrons. The van der Waals surface area contributed by atoms with Crippen molar-refractivity contribution in [3.63, 3.8) is 0 Å². The predicted octanol–water partition coefficient (Wildman–Crippen LogP) is 2.60. The van der Waals surface area contributed by atoms with Gasteiger partial charge in [-0.2, -0.15) is 0 Å². The minimum absolute atomic E-state index is 0.597. The van der Waals surface area contributed by atoms with Gasteiger partial charge in [0.05, 0.1) is 0 Å². The number of rotatable bonds is 7. The first kappa shape index (κ1) is 14.7. The Hall–Kier alpha value is -0.350. The summed E-state index contributed by atoms with van der Waals surface area (Å²) in [7, 11) is 0. The molecule has 0 saturated heterocycles. The molecule has 0 bridgehead atoms. The Labute approximate surface area is 111 Å². The second-order valence-electron chi connectivity index (χ2n) is 4.70. The Morgan fingerprint density at radius 1 is 1.24 bits per heavy atom. The number of ether oxygens (including phenoxy) is 1. The molecule has 0 atom stereocenters. The van der Waals surface area contributed by atoms with Gasteiger partial charge in [-0.3, -0.25) is 0 Å². The van der Waals surface area contributed by atoms with E-state index in [0.717, 1.165) is 37.7 Å². The molecule has 0 spiro atoms. The van der Waals surface area contributed by atoms with Crippen molar-refractivity contribution in [3.05, 3.63) is 0 Å². The van der Waals surface area contributed by atoms with Gasteiger partial charge >= 0.3 is 0 Å². The smallest absolute Gasteiger partial charge is 0.166 e. The number of thiocarbonyl (C=S) groups is 1. The summed E-state index contributed by atoms with van der Waals surface area (Å²) >= 11 is 5.27. The van der Waals surface area contributed by atoms with Gasteiger partial charge in [0, 0.05) is 25.8 Å². The van der Waals surface area contributed by atoms with Crippen molar-refractivity contribution in [2.75, 3.05) is 19.8 Å². The molecule has 100 valence electrons. The number of hydrogen-bond acceptors (Lipinski definition) is 2. The Balaban J connectivity index is 1.93. The molecule has 1 rings (SSSR count). The molecule has 0 heterocycles. The average Bonchev–Trinajstić information content (AvgIpc) is 2.35.